The monoisotopic (exact) mass is 278 g/mol. The Hall–Kier alpha value is -0.130. The van der Waals surface area contributed by atoms with Crippen molar-refractivity contribution in [1.82, 2.24) is 10.2 Å². The van der Waals surface area contributed by atoms with Gasteiger partial charge in [-0.15, -0.1) is 0 Å². The standard InChI is InChI=1S/C13H30N2O2S/c1-5-14-13(9-8-12-18(4,16)17)10-11-15(6-2)7-3/h13-14H,5-12H2,1-4H3. The van der Waals surface area contributed by atoms with E-state index in [1.165, 1.54) is 6.26 Å². The number of hydrogen-bond donors (Lipinski definition) is 1. The van der Waals surface area contributed by atoms with Crippen LogP contribution >= 0.6 is 0 Å². The Labute approximate surface area is 113 Å². The average Bonchev–Trinajstić information content (AvgIpc) is 2.28. The molecule has 0 aliphatic carbocycles. The second-order valence-electron chi connectivity index (χ2n) is 4.84. The molecule has 5 heteroatoms. The Kier molecular flexibility index (Phi) is 9.68. The maximum Gasteiger partial charge on any atom is 0.147 e. The van der Waals surface area contributed by atoms with Gasteiger partial charge >= 0.3 is 0 Å². The zero-order valence-corrected chi connectivity index (χ0v) is 13.2. The number of rotatable bonds is 11. The molecule has 0 aromatic carbocycles. The molecule has 0 saturated heterocycles. The molecule has 0 aliphatic rings. The molecule has 1 atom stereocenters. The summed E-state index contributed by atoms with van der Waals surface area (Å²) in [6.07, 6.45) is 4.11. The topological polar surface area (TPSA) is 49.4 Å². The Morgan fingerprint density at radius 2 is 1.72 bits per heavy atom. The summed E-state index contributed by atoms with van der Waals surface area (Å²) < 4.78 is 22.2. The Morgan fingerprint density at radius 3 is 2.17 bits per heavy atom. The second-order valence-corrected chi connectivity index (χ2v) is 7.10. The van der Waals surface area contributed by atoms with E-state index in [1.54, 1.807) is 0 Å². The molecular formula is C13H30N2O2S. The summed E-state index contributed by atoms with van der Waals surface area (Å²) in [6.45, 7) is 10.6. The highest BCUT2D eigenvalue weighted by Crippen LogP contribution is 2.05. The number of sulfone groups is 1. The van der Waals surface area contributed by atoms with Crippen LogP contribution in [0.3, 0.4) is 0 Å². The van der Waals surface area contributed by atoms with Crippen LogP contribution in [-0.4, -0.2) is 57.5 Å². The van der Waals surface area contributed by atoms with Gasteiger partial charge in [0.2, 0.25) is 0 Å². The molecule has 0 amide bonds. The van der Waals surface area contributed by atoms with Crippen LogP contribution in [0, 0.1) is 0 Å². The van der Waals surface area contributed by atoms with Gasteiger partial charge in [0.1, 0.15) is 9.84 Å². The summed E-state index contributed by atoms with van der Waals surface area (Å²) in [5, 5.41) is 3.45. The minimum atomic E-state index is -2.81. The van der Waals surface area contributed by atoms with Crippen LogP contribution in [0.5, 0.6) is 0 Å². The van der Waals surface area contributed by atoms with Gasteiger partial charge in [-0.3, -0.25) is 0 Å². The smallest absolute Gasteiger partial charge is 0.147 e. The van der Waals surface area contributed by atoms with Gasteiger partial charge in [-0.2, -0.15) is 0 Å². The maximum absolute atomic E-state index is 11.1. The van der Waals surface area contributed by atoms with E-state index in [1.807, 2.05) is 0 Å². The van der Waals surface area contributed by atoms with Crippen LogP contribution < -0.4 is 5.32 Å². The average molecular weight is 278 g/mol. The molecular weight excluding hydrogens is 248 g/mol. The number of nitrogens with one attached hydrogen (secondary N) is 1. The zero-order chi connectivity index (χ0) is 14.0. The third-order valence-corrected chi connectivity index (χ3v) is 4.28. The van der Waals surface area contributed by atoms with E-state index in [2.05, 4.69) is 31.0 Å². The molecule has 0 spiro atoms. The summed E-state index contributed by atoms with van der Waals surface area (Å²) >= 11 is 0. The SMILES string of the molecule is CCNC(CCCS(C)(=O)=O)CCN(CC)CC. The van der Waals surface area contributed by atoms with Crippen molar-refractivity contribution in [2.24, 2.45) is 0 Å². The van der Waals surface area contributed by atoms with Crippen LogP contribution in [-0.2, 0) is 9.84 Å². The fourth-order valence-corrected chi connectivity index (χ4v) is 2.80. The summed E-state index contributed by atoms with van der Waals surface area (Å²) in [6, 6.07) is 0.442. The Bertz CT molecular complexity index is 287. The first-order chi connectivity index (χ1) is 8.42. The normalized spacial score (nSPS) is 14.1. The van der Waals surface area contributed by atoms with Crippen LogP contribution in [0.15, 0.2) is 0 Å². The molecule has 0 bridgehead atoms. The first-order valence-corrected chi connectivity index (χ1v) is 9.12. The van der Waals surface area contributed by atoms with E-state index in [0.717, 1.165) is 45.4 Å². The molecule has 0 radical (unpaired) electrons. The lowest BCUT2D eigenvalue weighted by Crippen LogP contribution is -2.34. The fraction of sp³-hybridized carbons (Fsp3) is 1.00. The van der Waals surface area contributed by atoms with Crippen LogP contribution in [0.4, 0.5) is 0 Å². The molecule has 1 N–H and O–H groups in total. The van der Waals surface area contributed by atoms with Crippen molar-refractivity contribution >= 4 is 9.84 Å². The van der Waals surface area contributed by atoms with Crippen molar-refractivity contribution in [3.8, 4) is 0 Å². The highest BCUT2D eigenvalue weighted by atomic mass is 32.2. The Balaban J connectivity index is 3.98. The van der Waals surface area contributed by atoms with E-state index in [4.69, 9.17) is 0 Å². The summed E-state index contributed by atoms with van der Waals surface area (Å²) in [4.78, 5) is 2.40. The van der Waals surface area contributed by atoms with Gasteiger partial charge in [-0.1, -0.05) is 20.8 Å². The molecule has 0 fully saturated rings. The largest absolute Gasteiger partial charge is 0.314 e. The second kappa shape index (κ2) is 9.75. The predicted octanol–water partition coefficient (Wildman–Crippen LogP) is 1.52. The van der Waals surface area contributed by atoms with Gasteiger partial charge in [-0.25, -0.2) is 8.42 Å². The highest BCUT2D eigenvalue weighted by molar-refractivity contribution is 7.90. The quantitative estimate of drug-likeness (QED) is 0.622. The van der Waals surface area contributed by atoms with Gasteiger partial charge in [0, 0.05) is 18.1 Å². The van der Waals surface area contributed by atoms with E-state index >= 15 is 0 Å². The van der Waals surface area contributed by atoms with Gasteiger partial charge in [0.25, 0.3) is 0 Å². The maximum atomic E-state index is 11.1. The summed E-state index contributed by atoms with van der Waals surface area (Å²) in [5.41, 5.74) is 0. The lowest BCUT2D eigenvalue weighted by atomic mass is 10.1. The summed E-state index contributed by atoms with van der Waals surface area (Å²) in [5.74, 6) is 0.306. The van der Waals surface area contributed by atoms with E-state index in [-0.39, 0.29) is 0 Å². The van der Waals surface area contributed by atoms with E-state index < -0.39 is 9.84 Å². The molecule has 110 valence electrons. The minimum absolute atomic E-state index is 0.306. The minimum Gasteiger partial charge on any atom is -0.314 e. The Morgan fingerprint density at radius 1 is 1.11 bits per heavy atom. The molecule has 0 rings (SSSR count). The van der Waals surface area contributed by atoms with Crippen LogP contribution in [0.25, 0.3) is 0 Å². The van der Waals surface area contributed by atoms with Gasteiger partial charge in [0.15, 0.2) is 0 Å². The first-order valence-electron chi connectivity index (χ1n) is 7.06. The van der Waals surface area contributed by atoms with Crippen molar-refractivity contribution in [2.75, 3.05) is 38.2 Å². The molecule has 1 unspecified atom stereocenters. The molecule has 0 heterocycles. The number of hydrogen-bond acceptors (Lipinski definition) is 4. The molecule has 18 heavy (non-hydrogen) atoms. The fourth-order valence-electron chi connectivity index (χ4n) is 2.11. The van der Waals surface area contributed by atoms with Gasteiger partial charge in [0.05, 0.1) is 0 Å². The molecule has 0 aliphatic heterocycles. The third kappa shape index (κ3) is 9.85. The zero-order valence-electron chi connectivity index (χ0n) is 12.4. The molecule has 0 aromatic heterocycles. The highest BCUT2D eigenvalue weighted by Gasteiger charge is 2.11. The van der Waals surface area contributed by atoms with Crippen LogP contribution in [0.1, 0.15) is 40.0 Å². The molecule has 0 aromatic rings. The number of nitrogens with zero attached hydrogens (tertiary/aromatic N) is 1. The van der Waals surface area contributed by atoms with Crippen molar-refractivity contribution in [2.45, 2.75) is 46.1 Å². The van der Waals surface area contributed by atoms with Gasteiger partial charge in [-0.05, 0) is 45.4 Å². The van der Waals surface area contributed by atoms with Crippen molar-refractivity contribution < 1.29 is 8.42 Å². The van der Waals surface area contributed by atoms with E-state index in [0.29, 0.717) is 11.8 Å². The van der Waals surface area contributed by atoms with Crippen molar-refractivity contribution in [1.29, 1.82) is 0 Å². The molecule has 4 nitrogen and oxygen atoms in total. The van der Waals surface area contributed by atoms with Crippen LogP contribution in [0.2, 0.25) is 0 Å². The van der Waals surface area contributed by atoms with Gasteiger partial charge < -0.3 is 10.2 Å². The van der Waals surface area contributed by atoms with Crippen molar-refractivity contribution in [3.05, 3.63) is 0 Å². The predicted molar refractivity (Wildman–Crippen MR) is 78.8 cm³/mol. The molecule has 0 saturated carbocycles. The lowest BCUT2D eigenvalue weighted by molar-refractivity contribution is 0.278. The third-order valence-electron chi connectivity index (χ3n) is 3.25. The first kappa shape index (κ1) is 17.9. The summed E-state index contributed by atoms with van der Waals surface area (Å²) in [7, 11) is -2.81. The lowest BCUT2D eigenvalue weighted by Gasteiger charge is -2.23. The van der Waals surface area contributed by atoms with E-state index in [9.17, 15) is 8.42 Å². The van der Waals surface area contributed by atoms with Crippen molar-refractivity contribution in [3.63, 3.8) is 0 Å².